The number of rotatable bonds is 5. The number of nitrogens with zero attached hydrogens (tertiary/aromatic N) is 1. The predicted molar refractivity (Wildman–Crippen MR) is 57.3 cm³/mol. The highest BCUT2D eigenvalue weighted by atomic mass is 16.6. The van der Waals surface area contributed by atoms with Gasteiger partial charge in [0.2, 0.25) is 6.54 Å². The Labute approximate surface area is 88.7 Å². The molecule has 0 aliphatic carbocycles. The summed E-state index contributed by atoms with van der Waals surface area (Å²) >= 11 is 0. The SMILES string of the molecule is C[C@@H](CO)[C@H](C[N+](=O)[O-])c1ccccc1. The van der Waals surface area contributed by atoms with Gasteiger partial charge < -0.3 is 5.11 Å². The second-order valence-corrected chi connectivity index (χ2v) is 3.69. The molecule has 0 aromatic heterocycles. The highest BCUT2D eigenvalue weighted by Gasteiger charge is 2.23. The van der Waals surface area contributed by atoms with Crippen molar-refractivity contribution in [1.82, 2.24) is 0 Å². The first-order valence-corrected chi connectivity index (χ1v) is 4.92. The molecule has 0 unspecified atom stereocenters. The zero-order valence-corrected chi connectivity index (χ0v) is 8.67. The molecule has 0 fully saturated rings. The lowest BCUT2D eigenvalue weighted by Gasteiger charge is -2.18. The monoisotopic (exact) mass is 209 g/mol. The second kappa shape index (κ2) is 5.46. The predicted octanol–water partition coefficient (Wildman–Crippen LogP) is 1.68. The van der Waals surface area contributed by atoms with Crippen LogP contribution in [0.25, 0.3) is 0 Å². The van der Waals surface area contributed by atoms with E-state index in [1.165, 1.54) is 0 Å². The Morgan fingerprint density at radius 1 is 1.40 bits per heavy atom. The quantitative estimate of drug-likeness (QED) is 0.592. The molecule has 82 valence electrons. The normalized spacial score (nSPS) is 14.5. The largest absolute Gasteiger partial charge is 0.396 e. The van der Waals surface area contributed by atoms with Gasteiger partial charge in [0.15, 0.2) is 0 Å². The molecule has 2 atom stereocenters. The zero-order valence-electron chi connectivity index (χ0n) is 8.67. The minimum absolute atomic E-state index is 0.0343. The zero-order chi connectivity index (χ0) is 11.3. The van der Waals surface area contributed by atoms with Crippen molar-refractivity contribution in [3.63, 3.8) is 0 Å². The van der Waals surface area contributed by atoms with Crippen molar-refractivity contribution in [2.24, 2.45) is 5.92 Å². The molecule has 0 aliphatic rings. The molecule has 15 heavy (non-hydrogen) atoms. The van der Waals surface area contributed by atoms with Crippen molar-refractivity contribution in [3.8, 4) is 0 Å². The van der Waals surface area contributed by atoms with Crippen molar-refractivity contribution in [2.45, 2.75) is 12.8 Å². The fourth-order valence-electron chi connectivity index (χ4n) is 1.60. The third kappa shape index (κ3) is 3.32. The van der Waals surface area contributed by atoms with Crippen molar-refractivity contribution in [2.75, 3.05) is 13.2 Å². The van der Waals surface area contributed by atoms with Crippen LogP contribution in [-0.2, 0) is 0 Å². The molecule has 0 spiro atoms. The minimum Gasteiger partial charge on any atom is -0.396 e. The lowest BCUT2D eigenvalue weighted by Crippen LogP contribution is -2.21. The van der Waals surface area contributed by atoms with Crippen molar-refractivity contribution in [3.05, 3.63) is 46.0 Å². The summed E-state index contributed by atoms with van der Waals surface area (Å²) in [5.74, 6) is -0.316. The van der Waals surface area contributed by atoms with Crippen LogP contribution >= 0.6 is 0 Å². The highest BCUT2D eigenvalue weighted by Crippen LogP contribution is 2.24. The van der Waals surface area contributed by atoms with Gasteiger partial charge >= 0.3 is 0 Å². The number of nitro groups is 1. The third-order valence-corrected chi connectivity index (χ3v) is 2.55. The van der Waals surface area contributed by atoms with E-state index in [9.17, 15) is 10.1 Å². The summed E-state index contributed by atoms with van der Waals surface area (Å²) in [7, 11) is 0. The van der Waals surface area contributed by atoms with E-state index in [2.05, 4.69) is 0 Å². The second-order valence-electron chi connectivity index (χ2n) is 3.69. The standard InChI is InChI=1S/C11H15NO3/c1-9(8-13)11(7-12(14)15)10-5-3-2-4-6-10/h2-6,9,11,13H,7-8H2,1H3/t9-,11-/m0/s1. The van der Waals surface area contributed by atoms with Crippen LogP contribution in [0.4, 0.5) is 0 Å². The van der Waals surface area contributed by atoms with Crippen LogP contribution in [0.1, 0.15) is 18.4 Å². The average Bonchev–Trinajstić information content (AvgIpc) is 2.26. The Bertz CT molecular complexity index is 313. The van der Waals surface area contributed by atoms with Crippen LogP contribution in [0.3, 0.4) is 0 Å². The Morgan fingerprint density at radius 2 is 2.00 bits per heavy atom. The molecule has 1 aromatic carbocycles. The van der Waals surface area contributed by atoms with E-state index in [0.29, 0.717) is 0 Å². The van der Waals surface area contributed by atoms with Gasteiger partial charge in [-0.25, -0.2) is 0 Å². The van der Waals surface area contributed by atoms with Gasteiger partial charge in [-0.05, 0) is 11.5 Å². The molecule has 0 bridgehead atoms. The van der Waals surface area contributed by atoms with Crippen LogP contribution in [0, 0.1) is 16.0 Å². The van der Waals surface area contributed by atoms with Gasteiger partial charge in [0.25, 0.3) is 0 Å². The molecule has 0 aliphatic heterocycles. The van der Waals surface area contributed by atoms with Gasteiger partial charge in [0.05, 0.1) is 5.92 Å². The lowest BCUT2D eigenvalue weighted by molar-refractivity contribution is -0.485. The summed E-state index contributed by atoms with van der Waals surface area (Å²) < 4.78 is 0. The highest BCUT2D eigenvalue weighted by molar-refractivity contribution is 5.20. The average molecular weight is 209 g/mol. The fraction of sp³-hybridized carbons (Fsp3) is 0.455. The molecule has 1 rings (SSSR count). The van der Waals surface area contributed by atoms with Gasteiger partial charge in [0, 0.05) is 11.5 Å². The lowest BCUT2D eigenvalue weighted by atomic mass is 9.88. The number of benzene rings is 1. The van der Waals surface area contributed by atoms with E-state index in [4.69, 9.17) is 5.11 Å². The molecule has 0 amide bonds. The van der Waals surface area contributed by atoms with Crippen LogP contribution in [0.5, 0.6) is 0 Å². The van der Waals surface area contributed by atoms with E-state index in [-0.39, 0.29) is 29.9 Å². The summed E-state index contributed by atoms with van der Waals surface area (Å²) in [5.41, 5.74) is 0.913. The molecule has 0 saturated carbocycles. The number of aliphatic hydroxyl groups excluding tert-OH is 1. The molecule has 0 radical (unpaired) electrons. The number of aliphatic hydroxyl groups is 1. The van der Waals surface area contributed by atoms with Crippen LogP contribution in [-0.4, -0.2) is 23.2 Å². The first-order chi connectivity index (χ1) is 7.15. The maximum Gasteiger partial charge on any atom is 0.211 e. The molecule has 1 aromatic rings. The summed E-state index contributed by atoms with van der Waals surface area (Å²) in [4.78, 5) is 10.2. The fourth-order valence-corrected chi connectivity index (χ4v) is 1.60. The molecular weight excluding hydrogens is 194 g/mol. The van der Waals surface area contributed by atoms with E-state index < -0.39 is 0 Å². The van der Waals surface area contributed by atoms with Crippen LogP contribution < -0.4 is 0 Å². The number of hydrogen-bond donors (Lipinski definition) is 1. The first-order valence-electron chi connectivity index (χ1n) is 4.92. The molecule has 0 heterocycles. The van der Waals surface area contributed by atoms with Gasteiger partial charge in [-0.15, -0.1) is 0 Å². The van der Waals surface area contributed by atoms with E-state index >= 15 is 0 Å². The Kier molecular flexibility index (Phi) is 4.24. The molecule has 1 N–H and O–H groups in total. The van der Waals surface area contributed by atoms with Gasteiger partial charge in [0.1, 0.15) is 0 Å². The van der Waals surface area contributed by atoms with E-state index in [1.807, 2.05) is 37.3 Å². The smallest absolute Gasteiger partial charge is 0.211 e. The molecule has 0 saturated heterocycles. The first kappa shape index (κ1) is 11.7. The third-order valence-electron chi connectivity index (χ3n) is 2.55. The van der Waals surface area contributed by atoms with Gasteiger partial charge in [-0.1, -0.05) is 37.3 Å². The van der Waals surface area contributed by atoms with Crippen molar-refractivity contribution in [1.29, 1.82) is 0 Å². The number of hydrogen-bond acceptors (Lipinski definition) is 3. The minimum atomic E-state index is -0.330. The topological polar surface area (TPSA) is 63.4 Å². The Hall–Kier alpha value is -1.42. The van der Waals surface area contributed by atoms with Crippen molar-refractivity contribution >= 4 is 0 Å². The van der Waals surface area contributed by atoms with E-state index in [0.717, 1.165) is 5.56 Å². The Balaban J connectivity index is 2.86. The van der Waals surface area contributed by atoms with Crippen LogP contribution in [0.2, 0.25) is 0 Å². The molecule has 4 nitrogen and oxygen atoms in total. The van der Waals surface area contributed by atoms with Crippen LogP contribution in [0.15, 0.2) is 30.3 Å². The summed E-state index contributed by atoms with van der Waals surface area (Å²) in [6.45, 7) is 1.65. The van der Waals surface area contributed by atoms with Gasteiger partial charge in [-0.3, -0.25) is 10.1 Å². The summed E-state index contributed by atoms with van der Waals surface area (Å²) in [5, 5.41) is 19.6. The summed E-state index contributed by atoms with van der Waals surface area (Å²) in [6, 6.07) is 9.30. The molecular formula is C11H15NO3. The molecule has 4 heteroatoms. The van der Waals surface area contributed by atoms with E-state index in [1.54, 1.807) is 0 Å². The summed E-state index contributed by atoms with van der Waals surface area (Å²) in [6.07, 6.45) is 0. The maximum absolute atomic E-state index is 10.5. The van der Waals surface area contributed by atoms with Crippen molar-refractivity contribution < 1.29 is 10.0 Å². The Morgan fingerprint density at radius 3 is 2.47 bits per heavy atom. The van der Waals surface area contributed by atoms with Gasteiger partial charge in [-0.2, -0.15) is 0 Å². The maximum atomic E-state index is 10.5.